The number of rotatable bonds is 8. The minimum atomic E-state index is -0.770. The van der Waals surface area contributed by atoms with E-state index in [9.17, 15) is 4.79 Å². The fraction of sp³-hybridized carbons (Fsp3) is 0.889. The average molecular weight is 219 g/mol. The van der Waals surface area contributed by atoms with Crippen LogP contribution in [0.1, 0.15) is 19.3 Å². The molecule has 5 heteroatoms. The number of nitrogens with one attached hydrogen (secondary N) is 1. The quantitative estimate of drug-likeness (QED) is 0.512. The van der Waals surface area contributed by atoms with Crippen LogP contribution in [0.3, 0.4) is 0 Å². The molecule has 0 saturated heterocycles. The predicted molar refractivity (Wildman–Crippen MR) is 56.6 cm³/mol. The highest BCUT2D eigenvalue weighted by molar-refractivity contribution is 7.99. The van der Waals surface area contributed by atoms with Gasteiger partial charge in [0.05, 0.1) is 0 Å². The van der Waals surface area contributed by atoms with Crippen molar-refractivity contribution in [1.82, 2.24) is 5.32 Å². The molecular formula is C9H17NO3S. The van der Waals surface area contributed by atoms with Gasteiger partial charge in [0.1, 0.15) is 6.04 Å². The van der Waals surface area contributed by atoms with Gasteiger partial charge in [-0.15, -0.1) is 0 Å². The van der Waals surface area contributed by atoms with Crippen molar-refractivity contribution in [3.05, 3.63) is 0 Å². The molecule has 1 saturated carbocycles. The highest BCUT2D eigenvalue weighted by Gasteiger charge is 2.27. The molecular weight excluding hydrogens is 202 g/mol. The van der Waals surface area contributed by atoms with Gasteiger partial charge in [0.25, 0.3) is 0 Å². The lowest BCUT2D eigenvalue weighted by atomic mass is 10.3. The van der Waals surface area contributed by atoms with Crippen molar-refractivity contribution in [2.45, 2.75) is 31.3 Å². The number of carbonyl (C=O) groups is 1. The Morgan fingerprint density at radius 1 is 1.57 bits per heavy atom. The molecule has 0 bridgehead atoms. The van der Waals surface area contributed by atoms with Gasteiger partial charge < -0.3 is 15.5 Å². The van der Waals surface area contributed by atoms with Crippen molar-refractivity contribution in [3.8, 4) is 0 Å². The summed E-state index contributed by atoms with van der Waals surface area (Å²) in [5.41, 5.74) is 0. The maximum atomic E-state index is 10.8. The van der Waals surface area contributed by atoms with Gasteiger partial charge in [-0.05, 0) is 25.0 Å². The molecule has 0 aromatic carbocycles. The number of hydrogen-bond donors (Lipinski definition) is 3. The number of thioether (sulfide) groups is 1. The third-order valence-corrected chi connectivity index (χ3v) is 3.19. The topological polar surface area (TPSA) is 69.6 Å². The van der Waals surface area contributed by atoms with E-state index in [0.717, 1.165) is 25.0 Å². The van der Waals surface area contributed by atoms with Gasteiger partial charge in [-0.2, -0.15) is 11.8 Å². The molecule has 1 fully saturated rings. The molecule has 1 rings (SSSR count). The summed E-state index contributed by atoms with van der Waals surface area (Å²) in [6.07, 6.45) is 2.94. The lowest BCUT2D eigenvalue weighted by Gasteiger charge is -2.12. The second kappa shape index (κ2) is 6.27. The molecule has 0 spiro atoms. The Labute approximate surface area is 88.1 Å². The zero-order chi connectivity index (χ0) is 10.4. The van der Waals surface area contributed by atoms with Crippen molar-refractivity contribution in [1.29, 1.82) is 0 Å². The highest BCUT2D eigenvalue weighted by atomic mass is 32.2. The Morgan fingerprint density at radius 3 is 2.79 bits per heavy atom. The molecule has 1 atom stereocenters. The Bertz CT molecular complexity index is 185. The van der Waals surface area contributed by atoms with Crippen LogP contribution in [0.4, 0.5) is 0 Å². The maximum absolute atomic E-state index is 10.8. The first kappa shape index (κ1) is 11.8. The zero-order valence-electron chi connectivity index (χ0n) is 8.11. The molecule has 0 aromatic heterocycles. The van der Waals surface area contributed by atoms with Crippen LogP contribution in [0.15, 0.2) is 0 Å². The van der Waals surface area contributed by atoms with Crippen molar-refractivity contribution in [3.63, 3.8) is 0 Å². The summed E-state index contributed by atoms with van der Waals surface area (Å²) in [6.45, 7) is 0.181. The van der Waals surface area contributed by atoms with E-state index in [4.69, 9.17) is 10.2 Å². The predicted octanol–water partition coefficient (Wildman–Crippen LogP) is 0.307. The number of hydrogen-bond acceptors (Lipinski definition) is 4. The fourth-order valence-corrected chi connectivity index (χ4v) is 2.07. The number of aliphatic carboxylic acids is 1. The van der Waals surface area contributed by atoms with Crippen LogP contribution in [-0.2, 0) is 4.79 Å². The number of carboxylic acid groups (broad SMARTS) is 1. The van der Waals surface area contributed by atoms with Crippen molar-refractivity contribution in [2.24, 2.45) is 0 Å². The monoisotopic (exact) mass is 219 g/mol. The van der Waals surface area contributed by atoms with Gasteiger partial charge in [0.15, 0.2) is 0 Å². The van der Waals surface area contributed by atoms with Gasteiger partial charge in [-0.1, -0.05) is 0 Å². The Kier molecular flexibility index (Phi) is 5.29. The van der Waals surface area contributed by atoms with Gasteiger partial charge >= 0.3 is 5.97 Å². The Hall–Kier alpha value is -0.260. The van der Waals surface area contributed by atoms with E-state index < -0.39 is 12.0 Å². The number of aliphatic hydroxyl groups is 1. The number of aliphatic hydroxyl groups excluding tert-OH is 1. The lowest BCUT2D eigenvalue weighted by Crippen LogP contribution is -2.40. The molecule has 82 valence electrons. The van der Waals surface area contributed by atoms with E-state index >= 15 is 0 Å². The molecule has 4 nitrogen and oxygen atoms in total. The number of carboxylic acids is 1. The van der Waals surface area contributed by atoms with Crippen LogP contribution >= 0.6 is 11.8 Å². The van der Waals surface area contributed by atoms with Crippen molar-refractivity contribution < 1.29 is 15.0 Å². The van der Waals surface area contributed by atoms with Crippen molar-refractivity contribution >= 4 is 17.7 Å². The zero-order valence-corrected chi connectivity index (χ0v) is 8.92. The fourth-order valence-electron chi connectivity index (χ4n) is 1.09. The molecule has 14 heavy (non-hydrogen) atoms. The van der Waals surface area contributed by atoms with Gasteiger partial charge in [0, 0.05) is 18.4 Å². The van der Waals surface area contributed by atoms with E-state index in [0.29, 0.717) is 11.8 Å². The summed E-state index contributed by atoms with van der Waals surface area (Å²) in [7, 11) is 0. The minimum Gasteiger partial charge on any atom is -0.480 e. The molecule has 0 amide bonds. The third kappa shape index (κ3) is 4.83. The maximum Gasteiger partial charge on any atom is 0.321 e. The second-order valence-electron chi connectivity index (χ2n) is 3.48. The van der Waals surface area contributed by atoms with Crippen LogP contribution in [0.5, 0.6) is 0 Å². The molecule has 1 unspecified atom stereocenters. The van der Waals surface area contributed by atoms with Gasteiger partial charge in [-0.3, -0.25) is 4.79 Å². The van der Waals surface area contributed by atoms with Gasteiger partial charge in [-0.25, -0.2) is 0 Å². The summed E-state index contributed by atoms with van der Waals surface area (Å²) in [4.78, 5) is 10.8. The van der Waals surface area contributed by atoms with Crippen LogP contribution in [0, 0.1) is 0 Å². The Morgan fingerprint density at radius 2 is 2.29 bits per heavy atom. The average Bonchev–Trinajstić information content (AvgIpc) is 2.93. The first-order valence-electron chi connectivity index (χ1n) is 4.91. The first-order chi connectivity index (χ1) is 6.74. The molecule has 1 aliphatic rings. The van der Waals surface area contributed by atoms with Gasteiger partial charge in [0.2, 0.25) is 0 Å². The van der Waals surface area contributed by atoms with E-state index in [1.807, 2.05) is 0 Å². The van der Waals surface area contributed by atoms with E-state index in [2.05, 4.69) is 5.32 Å². The summed E-state index contributed by atoms with van der Waals surface area (Å²) in [5, 5.41) is 20.5. The van der Waals surface area contributed by atoms with Crippen LogP contribution in [0.25, 0.3) is 0 Å². The van der Waals surface area contributed by atoms with Crippen molar-refractivity contribution in [2.75, 3.05) is 18.1 Å². The van der Waals surface area contributed by atoms with Crippen LogP contribution < -0.4 is 5.32 Å². The van der Waals surface area contributed by atoms with E-state index in [-0.39, 0.29) is 6.61 Å². The first-order valence-corrected chi connectivity index (χ1v) is 6.07. The molecule has 0 radical (unpaired) electrons. The largest absolute Gasteiger partial charge is 0.480 e. The van der Waals surface area contributed by atoms with Crippen LogP contribution in [-0.4, -0.2) is 46.4 Å². The summed E-state index contributed by atoms with van der Waals surface area (Å²) < 4.78 is 0. The van der Waals surface area contributed by atoms with E-state index in [1.54, 1.807) is 11.8 Å². The second-order valence-corrected chi connectivity index (χ2v) is 4.63. The molecule has 1 aliphatic carbocycles. The normalized spacial score (nSPS) is 18.1. The Balaban J connectivity index is 2.10. The van der Waals surface area contributed by atoms with Crippen LogP contribution in [0.2, 0.25) is 0 Å². The molecule has 0 aliphatic heterocycles. The highest BCUT2D eigenvalue weighted by Crippen LogP contribution is 2.20. The summed E-state index contributed by atoms with van der Waals surface area (Å²) >= 11 is 1.58. The summed E-state index contributed by atoms with van der Waals surface area (Å²) in [6, 6.07) is 0.000680. The minimum absolute atomic E-state index is 0.181. The standard InChI is InChI=1S/C9H17NO3S/c11-4-1-5-14-6-8(9(12)13)10-7-2-3-7/h7-8,10-11H,1-6H2,(H,12,13). The lowest BCUT2D eigenvalue weighted by molar-refractivity contribution is -0.138. The summed E-state index contributed by atoms with van der Waals surface area (Å²) in [5.74, 6) is 0.645. The SMILES string of the molecule is O=C(O)C(CSCCCO)NC1CC1. The molecule has 0 aromatic rings. The smallest absolute Gasteiger partial charge is 0.321 e. The molecule has 0 heterocycles. The third-order valence-electron chi connectivity index (χ3n) is 2.04. The van der Waals surface area contributed by atoms with E-state index in [1.165, 1.54) is 0 Å². The molecule has 3 N–H and O–H groups in total.